The average Bonchev–Trinajstić information content (AvgIpc) is 2.61. The Morgan fingerprint density at radius 3 is 2.60 bits per heavy atom. The Bertz CT molecular complexity index is 459. The molecule has 4 heteroatoms. The highest BCUT2D eigenvalue weighted by Gasteiger charge is 2.08. The van der Waals surface area contributed by atoms with Gasteiger partial charge in [-0.1, -0.05) is 12.1 Å². The Morgan fingerprint density at radius 2 is 2.00 bits per heavy atom. The topological polar surface area (TPSA) is 64.1 Å². The average molecular weight is 203 g/mol. The van der Waals surface area contributed by atoms with Gasteiger partial charge in [-0.3, -0.25) is 4.68 Å². The third-order valence-electron chi connectivity index (χ3n) is 2.43. The molecule has 0 unspecified atom stereocenters. The first-order chi connectivity index (χ1) is 7.22. The van der Waals surface area contributed by atoms with Gasteiger partial charge in [0.25, 0.3) is 0 Å². The minimum Gasteiger partial charge on any atom is -0.508 e. The van der Waals surface area contributed by atoms with Crippen molar-refractivity contribution in [2.75, 3.05) is 0 Å². The van der Waals surface area contributed by atoms with Crippen molar-refractivity contribution in [2.24, 2.45) is 12.8 Å². The van der Waals surface area contributed by atoms with Crippen LogP contribution >= 0.6 is 0 Å². The van der Waals surface area contributed by atoms with Gasteiger partial charge in [0, 0.05) is 19.2 Å². The summed E-state index contributed by atoms with van der Waals surface area (Å²) in [6.07, 6.45) is 1.79. The summed E-state index contributed by atoms with van der Waals surface area (Å²) in [4.78, 5) is 0. The molecule has 0 saturated heterocycles. The van der Waals surface area contributed by atoms with Gasteiger partial charge in [-0.2, -0.15) is 5.10 Å². The molecule has 78 valence electrons. The highest BCUT2D eigenvalue weighted by Crippen LogP contribution is 2.24. The van der Waals surface area contributed by atoms with Crippen molar-refractivity contribution in [1.29, 1.82) is 0 Å². The molecule has 0 spiro atoms. The number of benzene rings is 1. The largest absolute Gasteiger partial charge is 0.508 e. The van der Waals surface area contributed by atoms with Gasteiger partial charge in [-0.05, 0) is 17.7 Å². The molecule has 0 atom stereocenters. The fourth-order valence-corrected chi connectivity index (χ4v) is 1.59. The van der Waals surface area contributed by atoms with E-state index in [1.54, 1.807) is 23.0 Å². The van der Waals surface area contributed by atoms with Crippen LogP contribution in [0.4, 0.5) is 0 Å². The summed E-state index contributed by atoms with van der Waals surface area (Å²) in [7, 11) is 1.87. The number of hydrogen-bond donors (Lipinski definition) is 2. The number of phenols is 1. The molecular formula is C11H13N3O. The van der Waals surface area contributed by atoms with Gasteiger partial charge in [0.15, 0.2) is 0 Å². The van der Waals surface area contributed by atoms with Crippen molar-refractivity contribution < 1.29 is 5.11 Å². The molecule has 1 heterocycles. The standard InChI is InChI=1S/C11H13N3O/c1-14-11(6-12)10(7-13-14)8-2-4-9(15)5-3-8/h2-5,7,15H,6,12H2,1H3. The number of aromatic nitrogens is 2. The van der Waals surface area contributed by atoms with Crippen LogP contribution in [0.3, 0.4) is 0 Å². The summed E-state index contributed by atoms with van der Waals surface area (Å²) in [6.45, 7) is 0.451. The quantitative estimate of drug-likeness (QED) is 0.772. The summed E-state index contributed by atoms with van der Waals surface area (Å²) in [5, 5.41) is 13.4. The number of hydrogen-bond acceptors (Lipinski definition) is 3. The van der Waals surface area contributed by atoms with Crippen LogP contribution in [0.25, 0.3) is 11.1 Å². The number of nitrogens with two attached hydrogens (primary N) is 1. The molecule has 15 heavy (non-hydrogen) atoms. The van der Waals surface area contributed by atoms with Crippen molar-refractivity contribution in [3.8, 4) is 16.9 Å². The van der Waals surface area contributed by atoms with E-state index in [0.717, 1.165) is 16.8 Å². The first kappa shape index (κ1) is 9.73. The minimum absolute atomic E-state index is 0.261. The van der Waals surface area contributed by atoms with Crippen LogP contribution in [0.15, 0.2) is 30.5 Å². The molecule has 3 N–H and O–H groups in total. The van der Waals surface area contributed by atoms with Gasteiger partial charge in [0.2, 0.25) is 0 Å². The molecule has 0 amide bonds. The lowest BCUT2D eigenvalue weighted by molar-refractivity contribution is 0.475. The van der Waals surface area contributed by atoms with Crippen molar-refractivity contribution in [3.05, 3.63) is 36.2 Å². The van der Waals surface area contributed by atoms with Crippen molar-refractivity contribution >= 4 is 0 Å². The molecule has 0 radical (unpaired) electrons. The maximum absolute atomic E-state index is 9.19. The fourth-order valence-electron chi connectivity index (χ4n) is 1.59. The Morgan fingerprint density at radius 1 is 1.33 bits per heavy atom. The molecular weight excluding hydrogens is 190 g/mol. The van der Waals surface area contributed by atoms with E-state index in [2.05, 4.69) is 5.10 Å². The summed E-state index contributed by atoms with van der Waals surface area (Å²) in [5.41, 5.74) is 8.67. The lowest BCUT2D eigenvalue weighted by atomic mass is 10.1. The van der Waals surface area contributed by atoms with Gasteiger partial charge in [0.05, 0.1) is 11.9 Å². The van der Waals surface area contributed by atoms with E-state index in [-0.39, 0.29) is 5.75 Å². The Hall–Kier alpha value is -1.81. The van der Waals surface area contributed by atoms with E-state index >= 15 is 0 Å². The number of nitrogens with zero attached hydrogens (tertiary/aromatic N) is 2. The molecule has 2 aromatic rings. The van der Waals surface area contributed by atoms with Gasteiger partial charge >= 0.3 is 0 Å². The third-order valence-corrected chi connectivity index (χ3v) is 2.43. The lowest BCUT2D eigenvalue weighted by Gasteiger charge is -2.03. The highest BCUT2D eigenvalue weighted by atomic mass is 16.3. The zero-order valence-corrected chi connectivity index (χ0v) is 8.51. The van der Waals surface area contributed by atoms with Crippen LogP contribution in [-0.2, 0) is 13.6 Å². The SMILES string of the molecule is Cn1ncc(-c2ccc(O)cc2)c1CN. The second kappa shape index (κ2) is 3.74. The molecule has 1 aromatic carbocycles. The molecule has 0 aliphatic heterocycles. The Labute approximate surface area is 88.0 Å². The second-order valence-corrected chi connectivity index (χ2v) is 3.38. The van der Waals surface area contributed by atoms with Gasteiger partial charge < -0.3 is 10.8 Å². The van der Waals surface area contributed by atoms with E-state index < -0.39 is 0 Å². The van der Waals surface area contributed by atoms with E-state index in [1.165, 1.54) is 0 Å². The van der Waals surface area contributed by atoms with Crippen LogP contribution in [0.1, 0.15) is 5.69 Å². The molecule has 1 aromatic heterocycles. The van der Waals surface area contributed by atoms with Crippen molar-refractivity contribution in [1.82, 2.24) is 9.78 Å². The fraction of sp³-hybridized carbons (Fsp3) is 0.182. The molecule has 0 bridgehead atoms. The van der Waals surface area contributed by atoms with E-state index in [1.807, 2.05) is 19.2 Å². The van der Waals surface area contributed by atoms with Crippen LogP contribution < -0.4 is 5.73 Å². The second-order valence-electron chi connectivity index (χ2n) is 3.38. The molecule has 2 rings (SSSR count). The molecule has 0 saturated carbocycles. The monoisotopic (exact) mass is 203 g/mol. The van der Waals surface area contributed by atoms with E-state index in [9.17, 15) is 5.11 Å². The maximum atomic E-state index is 9.19. The number of rotatable bonds is 2. The summed E-state index contributed by atoms with van der Waals surface area (Å²) < 4.78 is 1.77. The molecule has 4 nitrogen and oxygen atoms in total. The lowest BCUT2D eigenvalue weighted by Crippen LogP contribution is -2.05. The predicted molar refractivity (Wildman–Crippen MR) is 58.2 cm³/mol. The van der Waals surface area contributed by atoms with E-state index in [4.69, 9.17) is 5.73 Å². The predicted octanol–water partition coefficient (Wildman–Crippen LogP) is 1.25. The number of phenolic OH excluding ortho intramolecular Hbond substituents is 1. The van der Waals surface area contributed by atoms with Crippen molar-refractivity contribution in [3.63, 3.8) is 0 Å². The molecule has 0 aliphatic carbocycles. The maximum Gasteiger partial charge on any atom is 0.115 e. The number of aromatic hydroxyl groups is 1. The van der Waals surface area contributed by atoms with E-state index in [0.29, 0.717) is 6.54 Å². The van der Waals surface area contributed by atoms with Crippen LogP contribution in [0.2, 0.25) is 0 Å². The van der Waals surface area contributed by atoms with Gasteiger partial charge in [-0.15, -0.1) is 0 Å². The zero-order chi connectivity index (χ0) is 10.8. The van der Waals surface area contributed by atoms with Crippen LogP contribution in [-0.4, -0.2) is 14.9 Å². The Balaban J connectivity index is 2.49. The smallest absolute Gasteiger partial charge is 0.115 e. The Kier molecular flexibility index (Phi) is 2.43. The summed E-state index contributed by atoms with van der Waals surface area (Å²) >= 11 is 0. The molecule has 0 aliphatic rings. The summed E-state index contributed by atoms with van der Waals surface area (Å²) in [6, 6.07) is 7.02. The molecule has 0 fully saturated rings. The first-order valence-electron chi connectivity index (χ1n) is 4.72. The van der Waals surface area contributed by atoms with Crippen LogP contribution in [0, 0.1) is 0 Å². The normalized spacial score (nSPS) is 10.5. The number of aryl methyl sites for hydroxylation is 1. The van der Waals surface area contributed by atoms with Crippen LogP contribution in [0.5, 0.6) is 5.75 Å². The zero-order valence-electron chi connectivity index (χ0n) is 8.51. The van der Waals surface area contributed by atoms with Gasteiger partial charge in [-0.25, -0.2) is 0 Å². The highest BCUT2D eigenvalue weighted by molar-refractivity contribution is 5.66. The first-order valence-corrected chi connectivity index (χ1v) is 4.72. The summed E-state index contributed by atoms with van der Waals surface area (Å²) in [5.74, 6) is 0.261. The minimum atomic E-state index is 0.261. The third kappa shape index (κ3) is 1.71. The van der Waals surface area contributed by atoms with Crippen molar-refractivity contribution in [2.45, 2.75) is 6.54 Å². The van der Waals surface area contributed by atoms with Gasteiger partial charge in [0.1, 0.15) is 5.75 Å².